The van der Waals surface area contributed by atoms with E-state index in [0.29, 0.717) is 34.4 Å². The first-order chi connectivity index (χ1) is 10.7. The molecular weight excluding hydrogens is 276 g/mol. The minimum absolute atomic E-state index is 0.504. The molecule has 0 unspecified atom stereocenters. The zero-order valence-electron chi connectivity index (χ0n) is 11.8. The van der Waals surface area contributed by atoms with Crippen LogP contribution in [0, 0.1) is 6.07 Å². The Labute approximate surface area is 128 Å². The van der Waals surface area contributed by atoms with E-state index < -0.39 is 0 Å². The van der Waals surface area contributed by atoms with Gasteiger partial charge in [0, 0.05) is 17.4 Å². The fourth-order valence-corrected chi connectivity index (χ4v) is 1.88. The largest absolute Gasteiger partial charge is 0.453 e. The van der Waals surface area contributed by atoms with Gasteiger partial charge in [-0.1, -0.05) is 12.1 Å². The number of anilines is 2. The molecule has 0 spiro atoms. The van der Waals surface area contributed by atoms with Crippen LogP contribution in [0.3, 0.4) is 0 Å². The zero-order chi connectivity index (χ0) is 15.4. The Hall–Kier alpha value is -3.14. The average Bonchev–Trinajstić information content (AvgIpc) is 2.54. The molecule has 0 aliphatic carbocycles. The van der Waals surface area contributed by atoms with Crippen LogP contribution in [0.15, 0.2) is 66.7 Å². The van der Waals surface area contributed by atoms with Crippen molar-refractivity contribution in [3.63, 3.8) is 0 Å². The molecule has 1 radical (unpaired) electrons. The number of benzene rings is 3. The fourth-order valence-electron chi connectivity index (χ4n) is 1.88. The van der Waals surface area contributed by atoms with Gasteiger partial charge in [0.1, 0.15) is 11.5 Å². The molecule has 0 fully saturated rings. The van der Waals surface area contributed by atoms with Gasteiger partial charge in [0.05, 0.1) is 0 Å². The van der Waals surface area contributed by atoms with E-state index in [0.717, 1.165) is 0 Å². The summed E-state index contributed by atoms with van der Waals surface area (Å²) in [4.78, 5) is 0. The summed E-state index contributed by atoms with van der Waals surface area (Å²) in [7, 11) is 0. The molecule has 0 aliphatic heterocycles. The number of rotatable bonds is 4. The van der Waals surface area contributed by atoms with Crippen molar-refractivity contribution in [3.05, 3.63) is 72.8 Å². The van der Waals surface area contributed by atoms with E-state index in [2.05, 4.69) is 6.07 Å². The lowest BCUT2D eigenvalue weighted by molar-refractivity contribution is 0.418. The van der Waals surface area contributed by atoms with Gasteiger partial charge in [-0.2, -0.15) is 0 Å². The summed E-state index contributed by atoms with van der Waals surface area (Å²) in [5, 5.41) is 0. The summed E-state index contributed by atoms with van der Waals surface area (Å²) >= 11 is 0. The third-order valence-corrected chi connectivity index (χ3v) is 2.99. The molecule has 22 heavy (non-hydrogen) atoms. The molecule has 109 valence electrons. The van der Waals surface area contributed by atoms with Gasteiger partial charge < -0.3 is 20.9 Å². The topological polar surface area (TPSA) is 70.5 Å². The highest BCUT2D eigenvalue weighted by Gasteiger charge is 2.07. The summed E-state index contributed by atoms with van der Waals surface area (Å²) in [6.07, 6.45) is 0. The maximum Gasteiger partial charge on any atom is 0.177 e. The SMILES string of the molecule is Nc1ccc(Oc2[c]cccc2Oc2ccc(N)cc2)cc1. The van der Waals surface area contributed by atoms with Crippen LogP contribution in [-0.2, 0) is 0 Å². The van der Waals surface area contributed by atoms with Crippen LogP contribution in [-0.4, -0.2) is 0 Å². The summed E-state index contributed by atoms with van der Waals surface area (Å²) in [5.74, 6) is 2.42. The molecule has 0 heterocycles. The highest BCUT2D eigenvalue weighted by atomic mass is 16.5. The average molecular weight is 291 g/mol. The van der Waals surface area contributed by atoms with E-state index in [1.54, 1.807) is 54.6 Å². The lowest BCUT2D eigenvalue weighted by Gasteiger charge is -2.12. The van der Waals surface area contributed by atoms with Gasteiger partial charge in [-0.05, 0) is 54.6 Å². The number of ether oxygens (including phenoxy) is 2. The van der Waals surface area contributed by atoms with Gasteiger partial charge in [0.15, 0.2) is 11.5 Å². The van der Waals surface area contributed by atoms with Crippen LogP contribution in [0.25, 0.3) is 0 Å². The molecule has 0 saturated heterocycles. The predicted molar refractivity (Wildman–Crippen MR) is 87.1 cm³/mol. The Morgan fingerprint density at radius 2 is 1.23 bits per heavy atom. The Kier molecular flexibility index (Phi) is 3.83. The quantitative estimate of drug-likeness (QED) is 0.705. The molecule has 4 N–H and O–H groups in total. The number of para-hydroxylation sites is 1. The van der Waals surface area contributed by atoms with E-state index in [1.807, 2.05) is 12.1 Å². The molecule has 0 saturated carbocycles. The molecule has 4 heteroatoms. The molecule has 0 atom stereocenters. The van der Waals surface area contributed by atoms with Crippen molar-refractivity contribution in [1.82, 2.24) is 0 Å². The smallest absolute Gasteiger partial charge is 0.177 e. The van der Waals surface area contributed by atoms with E-state index in [1.165, 1.54) is 0 Å². The van der Waals surface area contributed by atoms with Crippen molar-refractivity contribution < 1.29 is 9.47 Å². The Bertz CT molecular complexity index is 686. The number of nitrogen functional groups attached to an aromatic ring is 2. The van der Waals surface area contributed by atoms with Crippen molar-refractivity contribution in [2.24, 2.45) is 0 Å². The summed E-state index contributed by atoms with van der Waals surface area (Å²) in [6, 6.07) is 22.8. The van der Waals surface area contributed by atoms with E-state index in [-0.39, 0.29) is 0 Å². The van der Waals surface area contributed by atoms with Crippen molar-refractivity contribution in [2.45, 2.75) is 0 Å². The van der Waals surface area contributed by atoms with E-state index >= 15 is 0 Å². The van der Waals surface area contributed by atoms with Crippen LogP contribution >= 0.6 is 0 Å². The molecule has 0 aromatic heterocycles. The monoisotopic (exact) mass is 291 g/mol. The fraction of sp³-hybridized carbons (Fsp3) is 0. The predicted octanol–water partition coefficient (Wildman–Crippen LogP) is 4.24. The third kappa shape index (κ3) is 3.30. The Balaban J connectivity index is 1.83. The second-order valence-corrected chi connectivity index (χ2v) is 4.71. The van der Waals surface area contributed by atoms with Crippen LogP contribution < -0.4 is 20.9 Å². The molecule has 3 rings (SSSR count). The second kappa shape index (κ2) is 6.10. The molecule has 3 aromatic carbocycles. The standard InChI is InChI=1S/C18H15N2O2/c19-13-5-9-15(10-6-13)21-17-3-1-2-4-18(17)22-16-11-7-14(20)8-12-16/h1-3,5-12H,19-20H2. The summed E-state index contributed by atoms with van der Waals surface area (Å²) < 4.78 is 11.6. The first kappa shape index (κ1) is 13.8. The Morgan fingerprint density at radius 3 is 1.82 bits per heavy atom. The third-order valence-electron chi connectivity index (χ3n) is 2.99. The lowest BCUT2D eigenvalue weighted by atomic mass is 10.3. The zero-order valence-corrected chi connectivity index (χ0v) is 11.8. The first-order valence-electron chi connectivity index (χ1n) is 6.78. The minimum atomic E-state index is 0.504. The summed E-state index contributed by atoms with van der Waals surface area (Å²) in [6.45, 7) is 0. The maximum atomic E-state index is 5.82. The molecule has 0 aliphatic rings. The van der Waals surface area contributed by atoms with E-state index in [4.69, 9.17) is 20.9 Å². The van der Waals surface area contributed by atoms with Crippen LogP contribution in [0.5, 0.6) is 23.0 Å². The molecule has 0 amide bonds. The van der Waals surface area contributed by atoms with Crippen molar-refractivity contribution >= 4 is 11.4 Å². The number of hydrogen-bond acceptors (Lipinski definition) is 4. The van der Waals surface area contributed by atoms with Crippen molar-refractivity contribution in [1.29, 1.82) is 0 Å². The van der Waals surface area contributed by atoms with E-state index in [9.17, 15) is 0 Å². The highest BCUT2D eigenvalue weighted by Crippen LogP contribution is 2.34. The van der Waals surface area contributed by atoms with Gasteiger partial charge in [0.2, 0.25) is 0 Å². The van der Waals surface area contributed by atoms with Gasteiger partial charge in [-0.15, -0.1) is 0 Å². The lowest BCUT2D eigenvalue weighted by Crippen LogP contribution is -1.91. The maximum absolute atomic E-state index is 5.82. The minimum Gasteiger partial charge on any atom is -0.453 e. The van der Waals surface area contributed by atoms with Crippen molar-refractivity contribution in [3.8, 4) is 23.0 Å². The Morgan fingerprint density at radius 1 is 0.682 bits per heavy atom. The van der Waals surface area contributed by atoms with Gasteiger partial charge in [-0.25, -0.2) is 0 Å². The summed E-state index contributed by atoms with van der Waals surface area (Å²) in [5.41, 5.74) is 12.7. The van der Waals surface area contributed by atoms with Crippen molar-refractivity contribution in [2.75, 3.05) is 11.5 Å². The molecule has 0 bridgehead atoms. The van der Waals surface area contributed by atoms with Gasteiger partial charge >= 0.3 is 0 Å². The molecular formula is C18H15N2O2. The molecule has 3 aromatic rings. The van der Waals surface area contributed by atoms with Gasteiger partial charge in [0.25, 0.3) is 0 Å². The second-order valence-electron chi connectivity index (χ2n) is 4.71. The number of hydrogen-bond donors (Lipinski definition) is 2. The highest BCUT2D eigenvalue weighted by molar-refractivity contribution is 5.48. The first-order valence-corrected chi connectivity index (χ1v) is 6.78. The van der Waals surface area contributed by atoms with Crippen LogP contribution in [0.4, 0.5) is 11.4 Å². The molecule has 4 nitrogen and oxygen atoms in total. The number of nitrogens with two attached hydrogens (primary N) is 2. The normalized spacial score (nSPS) is 10.2. The van der Waals surface area contributed by atoms with Crippen LogP contribution in [0.2, 0.25) is 0 Å². The van der Waals surface area contributed by atoms with Crippen LogP contribution in [0.1, 0.15) is 0 Å². The van der Waals surface area contributed by atoms with Gasteiger partial charge in [-0.3, -0.25) is 0 Å².